The first kappa shape index (κ1) is 13.2. The fourth-order valence-electron chi connectivity index (χ4n) is 1.94. The van der Waals surface area contributed by atoms with Crippen molar-refractivity contribution >= 4 is 11.3 Å². The number of thiazole rings is 1. The maximum atomic E-state index is 4.82. The molecule has 0 bridgehead atoms. The summed E-state index contributed by atoms with van der Waals surface area (Å²) >= 11 is 1.85. The van der Waals surface area contributed by atoms with Gasteiger partial charge in [-0.1, -0.05) is 43.7 Å². The van der Waals surface area contributed by atoms with Gasteiger partial charge >= 0.3 is 0 Å². The molecular formula is C15H20N2S. The van der Waals surface area contributed by atoms with Crippen LogP contribution in [0.3, 0.4) is 0 Å². The molecule has 0 atom stereocenters. The molecule has 1 heterocycles. The summed E-state index contributed by atoms with van der Waals surface area (Å²) in [5, 5.41) is 4.50. The first-order chi connectivity index (χ1) is 8.85. The molecule has 0 saturated carbocycles. The fraction of sp³-hybridized carbons (Fsp3) is 0.400. The lowest BCUT2D eigenvalue weighted by Gasteiger charge is -2.00. The Morgan fingerprint density at radius 3 is 2.67 bits per heavy atom. The van der Waals surface area contributed by atoms with E-state index in [1.54, 1.807) is 0 Å². The van der Waals surface area contributed by atoms with Gasteiger partial charge in [0.25, 0.3) is 0 Å². The Morgan fingerprint density at radius 1 is 1.22 bits per heavy atom. The van der Waals surface area contributed by atoms with Gasteiger partial charge in [0.1, 0.15) is 0 Å². The van der Waals surface area contributed by atoms with Crippen LogP contribution in [0.15, 0.2) is 30.3 Å². The first-order valence-electron chi connectivity index (χ1n) is 6.53. The van der Waals surface area contributed by atoms with Crippen LogP contribution in [0.5, 0.6) is 0 Å². The highest BCUT2D eigenvalue weighted by Crippen LogP contribution is 2.28. The quantitative estimate of drug-likeness (QED) is 0.852. The standard InChI is InChI=1S/C15H20N2S/c1-3-4-10-14-17-15(13(18-14)11-16-2)12-8-6-5-7-9-12/h5-9,16H,3-4,10-11H2,1-2H3. The molecular weight excluding hydrogens is 240 g/mol. The third-order valence-electron chi connectivity index (χ3n) is 2.87. The molecule has 18 heavy (non-hydrogen) atoms. The highest BCUT2D eigenvalue weighted by Gasteiger charge is 2.11. The number of unbranched alkanes of at least 4 members (excludes halogenated alkanes) is 1. The van der Waals surface area contributed by atoms with Crippen molar-refractivity contribution in [3.05, 3.63) is 40.2 Å². The Kier molecular flexibility index (Phi) is 4.90. The van der Waals surface area contributed by atoms with E-state index in [2.05, 4.69) is 36.5 Å². The number of hydrogen-bond donors (Lipinski definition) is 1. The summed E-state index contributed by atoms with van der Waals surface area (Å²) in [4.78, 5) is 6.16. The minimum absolute atomic E-state index is 0.897. The van der Waals surface area contributed by atoms with Gasteiger partial charge in [-0.15, -0.1) is 11.3 Å². The molecule has 2 rings (SSSR count). The number of aryl methyl sites for hydroxylation is 1. The molecule has 3 heteroatoms. The molecule has 0 aliphatic heterocycles. The SMILES string of the molecule is CCCCc1nc(-c2ccccc2)c(CNC)s1. The zero-order chi connectivity index (χ0) is 12.8. The van der Waals surface area contributed by atoms with Crippen molar-refractivity contribution in [2.45, 2.75) is 32.7 Å². The normalized spacial score (nSPS) is 10.8. The van der Waals surface area contributed by atoms with Crippen LogP contribution in [-0.4, -0.2) is 12.0 Å². The minimum Gasteiger partial charge on any atom is -0.315 e. The van der Waals surface area contributed by atoms with Crippen molar-refractivity contribution in [1.29, 1.82) is 0 Å². The van der Waals surface area contributed by atoms with Crippen molar-refractivity contribution < 1.29 is 0 Å². The number of benzene rings is 1. The second-order valence-electron chi connectivity index (χ2n) is 4.38. The van der Waals surface area contributed by atoms with Gasteiger partial charge < -0.3 is 5.32 Å². The van der Waals surface area contributed by atoms with Crippen molar-refractivity contribution in [2.75, 3.05) is 7.05 Å². The van der Waals surface area contributed by atoms with Crippen LogP contribution in [0.2, 0.25) is 0 Å². The van der Waals surface area contributed by atoms with Gasteiger partial charge in [0.15, 0.2) is 0 Å². The monoisotopic (exact) mass is 260 g/mol. The Labute approximate surface area is 113 Å². The summed E-state index contributed by atoms with van der Waals surface area (Å²) in [5.74, 6) is 0. The van der Waals surface area contributed by atoms with Crippen molar-refractivity contribution in [2.24, 2.45) is 0 Å². The van der Waals surface area contributed by atoms with E-state index in [-0.39, 0.29) is 0 Å². The van der Waals surface area contributed by atoms with E-state index in [9.17, 15) is 0 Å². The Bertz CT molecular complexity index is 476. The van der Waals surface area contributed by atoms with Crippen LogP contribution in [0, 0.1) is 0 Å². The molecule has 0 radical (unpaired) electrons. The molecule has 1 aromatic heterocycles. The van der Waals surface area contributed by atoms with E-state index >= 15 is 0 Å². The summed E-state index contributed by atoms with van der Waals surface area (Å²) in [6.45, 7) is 3.12. The van der Waals surface area contributed by atoms with Crippen molar-refractivity contribution in [3.63, 3.8) is 0 Å². The maximum absolute atomic E-state index is 4.82. The first-order valence-corrected chi connectivity index (χ1v) is 7.35. The van der Waals surface area contributed by atoms with Crippen molar-refractivity contribution in [1.82, 2.24) is 10.3 Å². The summed E-state index contributed by atoms with van der Waals surface area (Å²) in [6.07, 6.45) is 3.55. The van der Waals surface area contributed by atoms with Crippen LogP contribution in [0.1, 0.15) is 29.7 Å². The van der Waals surface area contributed by atoms with E-state index in [0.717, 1.165) is 18.7 Å². The van der Waals surface area contributed by atoms with Crippen LogP contribution >= 0.6 is 11.3 Å². The van der Waals surface area contributed by atoms with E-state index in [1.807, 2.05) is 24.5 Å². The molecule has 0 amide bonds. The van der Waals surface area contributed by atoms with E-state index in [4.69, 9.17) is 4.98 Å². The van der Waals surface area contributed by atoms with E-state index in [0.29, 0.717) is 0 Å². The van der Waals surface area contributed by atoms with Gasteiger partial charge in [-0.3, -0.25) is 0 Å². The second-order valence-corrected chi connectivity index (χ2v) is 5.55. The molecule has 1 N–H and O–H groups in total. The zero-order valence-electron chi connectivity index (χ0n) is 11.1. The molecule has 1 aromatic carbocycles. The van der Waals surface area contributed by atoms with Gasteiger partial charge in [0.2, 0.25) is 0 Å². The number of rotatable bonds is 6. The third kappa shape index (κ3) is 3.18. The fourth-order valence-corrected chi connectivity index (χ4v) is 3.08. The average Bonchev–Trinajstić information content (AvgIpc) is 2.81. The van der Waals surface area contributed by atoms with Crippen LogP contribution in [-0.2, 0) is 13.0 Å². The molecule has 0 aliphatic rings. The highest BCUT2D eigenvalue weighted by molar-refractivity contribution is 7.12. The lowest BCUT2D eigenvalue weighted by molar-refractivity contribution is 0.790. The number of nitrogens with one attached hydrogen (secondary N) is 1. The van der Waals surface area contributed by atoms with E-state index < -0.39 is 0 Å². The van der Waals surface area contributed by atoms with Gasteiger partial charge in [0, 0.05) is 17.0 Å². The Morgan fingerprint density at radius 2 is 2.00 bits per heavy atom. The predicted molar refractivity (Wildman–Crippen MR) is 78.9 cm³/mol. The summed E-state index contributed by atoms with van der Waals surface area (Å²) in [6, 6.07) is 10.5. The van der Waals surface area contributed by atoms with Gasteiger partial charge in [-0.25, -0.2) is 4.98 Å². The summed E-state index contributed by atoms with van der Waals surface area (Å²) < 4.78 is 0. The number of aromatic nitrogens is 1. The molecule has 0 fully saturated rings. The Hall–Kier alpha value is -1.19. The lowest BCUT2D eigenvalue weighted by Crippen LogP contribution is -2.04. The molecule has 96 valence electrons. The van der Waals surface area contributed by atoms with Crippen LogP contribution in [0.25, 0.3) is 11.3 Å². The van der Waals surface area contributed by atoms with Crippen LogP contribution in [0.4, 0.5) is 0 Å². The maximum Gasteiger partial charge on any atom is 0.0935 e. The van der Waals surface area contributed by atoms with E-state index in [1.165, 1.54) is 28.3 Å². The molecule has 0 spiro atoms. The second kappa shape index (κ2) is 6.66. The number of hydrogen-bond acceptors (Lipinski definition) is 3. The third-order valence-corrected chi connectivity index (χ3v) is 3.99. The van der Waals surface area contributed by atoms with Crippen molar-refractivity contribution in [3.8, 4) is 11.3 Å². The average molecular weight is 260 g/mol. The smallest absolute Gasteiger partial charge is 0.0935 e. The number of nitrogens with zero attached hydrogens (tertiary/aromatic N) is 1. The minimum atomic E-state index is 0.897. The molecule has 0 unspecified atom stereocenters. The molecule has 2 aromatic rings. The van der Waals surface area contributed by atoms with Crippen LogP contribution < -0.4 is 5.32 Å². The predicted octanol–water partition coefficient (Wildman–Crippen LogP) is 3.87. The lowest BCUT2D eigenvalue weighted by atomic mass is 10.1. The van der Waals surface area contributed by atoms with Gasteiger partial charge in [-0.2, -0.15) is 0 Å². The van der Waals surface area contributed by atoms with Gasteiger partial charge in [-0.05, 0) is 19.9 Å². The summed E-state index contributed by atoms with van der Waals surface area (Å²) in [7, 11) is 1.99. The largest absolute Gasteiger partial charge is 0.315 e. The summed E-state index contributed by atoms with van der Waals surface area (Å²) in [5.41, 5.74) is 2.38. The Balaban J connectivity index is 2.29. The molecule has 0 saturated heterocycles. The topological polar surface area (TPSA) is 24.9 Å². The zero-order valence-corrected chi connectivity index (χ0v) is 11.9. The van der Waals surface area contributed by atoms with Gasteiger partial charge in [0.05, 0.1) is 10.7 Å². The highest BCUT2D eigenvalue weighted by atomic mass is 32.1. The molecule has 0 aliphatic carbocycles. The molecule has 2 nitrogen and oxygen atoms in total.